The van der Waals surface area contributed by atoms with Crippen LogP contribution in [0.4, 0.5) is 10.5 Å². The second kappa shape index (κ2) is 8.39. The molecule has 3 amide bonds. The Labute approximate surface area is 186 Å². The minimum Gasteiger partial charge on any atom is -0.413 e. The van der Waals surface area contributed by atoms with Crippen LogP contribution in [0.5, 0.6) is 0 Å². The third-order valence-corrected chi connectivity index (χ3v) is 11.6. The average Bonchev–Trinajstić information content (AvgIpc) is 2.98. The zero-order chi connectivity index (χ0) is 23.1. The zero-order valence-electron chi connectivity index (χ0n) is 19.7. The van der Waals surface area contributed by atoms with Crippen LogP contribution in [0.1, 0.15) is 44.5 Å². The quantitative estimate of drug-likeness (QED) is 0.395. The molecule has 2 aliphatic heterocycles. The van der Waals surface area contributed by atoms with Crippen LogP contribution in [0.25, 0.3) is 0 Å². The van der Waals surface area contributed by atoms with Crippen molar-refractivity contribution >= 4 is 31.7 Å². The van der Waals surface area contributed by atoms with E-state index >= 15 is 0 Å². The predicted molar refractivity (Wildman–Crippen MR) is 124 cm³/mol. The van der Waals surface area contributed by atoms with Crippen molar-refractivity contribution in [3.63, 3.8) is 0 Å². The SMILES string of the molecule is C[C@@H](O[Si](C)(C)C(C)(C)C)[C@H]1C(=O)N[C@@H]1CC(=O)c1ccc(N2CCN(C)C2=O)cc1. The molecule has 1 aromatic carbocycles. The smallest absolute Gasteiger partial charge is 0.324 e. The Hall–Kier alpha value is -2.19. The van der Waals surface area contributed by atoms with E-state index in [9.17, 15) is 14.4 Å². The molecule has 0 spiro atoms. The van der Waals surface area contributed by atoms with Gasteiger partial charge in [-0.25, -0.2) is 4.79 Å². The van der Waals surface area contributed by atoms with Gasteiger partial charge in [0.25, 0.3) is 0 Å². The fourth-order valence-corrected chi connectivity index (χ4v) is 5.35. The summed E-state index contributed by atoms with van der Waals surface area (Å²) in [5, 5.41) is 2.94. The summed E-state index contributed by atoms with van der Waals surface area (Å²) in [4.78, 5) is 40.6. The highest BCUT2D eigenvalue weighted by molar-refractivity contribution is 6.74. The molecule has 0 bridgehead atoms. The van der Waals surface area contributed by atoms with Crippen LogP contribution < -0.4 is 10.2 Å². The van der Waals surface area contributed by atoms with Crippen LogP contribution in [-0.2, 0) is 9.22 Å². The largest absolute Gasteiger partial charge is 0.413 e. The summed E-state index contributed by atoms with van der Waals surface area (Å²) in [6, 6.07) is 6.89. The van der Waals surface area contributed by atoms with E-state index < -0.39 is 8.32 Å². The van der Waals surface area contributed by atoms with Crippen LogP contribution in [-0.4, -0.2) is 63.2 Å². The van der Waals surface area contributed by atoms with Gasteiger partial charge in [0.1, 0.15) is 0 Å². The van der Waals surface area contributed by atoms with Gasteiger partial charge in [-0.3, -0.25) is 14.5 Å². The lowest BCUT2D eigenvalue weighted by Crippen LogP contribution is -2.64. The van der Waals surface area contributed by atoms with Crippen molar-refractivity contribution in [3.05, 3.63) is 29.8 Å². The van der Waals surface area contributed by atoms with Crippen LogP contribution in [0.3, 0.4) is 0 Å². The Balaban J connectivity index is 1.62. The van der Waals surface area contributed by atoms with Crippen molar-refractivity contribution in [1.82, 2.24) is 10.2 Å². The van der Waals surface area contributed by atoms with E-state index in [0.29, 0.717) is 18.7 Å². The van der Waals surface area contributed by atoms with Gasteiger partial charge in [-0.2, -0.15) is 0 Å². The number of benzene rings is 1. The average molecular weight is 446 g/mol. The van der Waals surface area contributed by atoms with Gasteiger partial charge in [-0.05, 0) is 49.3 Å². The number of ketones is 1. The third-order valence-electron chi connectivity index (χ3n) is 6.98. The molecular weight excluding hydrogens is 410 g/mol. The maximum Gasteiger partial charge on any atom is 0.324 e. The second-order valence-corrected chi connectivity index (χ2v) is 15.0. The molecule has 2 saturated heterocycles. The Morgan fingerprint density at radius 3 is 2.29 bits per heavy atom. The highest BCUT2D eigenvalue weighted by atomic mass is 28.4. The minimum absolute atomic E-state index is 0.0223. The molecule has 7 nitrogen and oxygen atoms in total. The summed E-state index contributed by atoms with van der Waals surface area (Å²) in [5.74, 6) is -0.378. The number of rotatable bonds is 7. The van der Waals surface area contributed by atoms with Crippen molar-refractivity contribution in [1.29, 1.82) is 0 Å². The molecule has 31 heavy (non-hydrogen) atoms. The molecular formula is C23H35N3O4Si. The summed E-state index contributed by atoms with van der Waals surface area (Å²) >= 11 is 0. The number of anilines is 1. The molecule has 0 aromatic heterocycles. The van der Waals surface area contributed by atoms with Gasteiger partial charge < -0.3 is 14.6 Å². The lowest BCUT2D eigenvalue weighted by molar-refractivity contribution is -0.139. The van der Waals surface area contributed by atoms with Crippen LogP contribution >= 0.6 is 0 Å². The molecule has 2 fully saturated rings. The lowest BCUT2D eigenvalue weighted by atomic mass is 9.82. The first-order chi connectivity index (χ1) is 14.3. The molecule has 2 aliphatic rings. The maximum atomic E-state index is 12.8. The number of carbonyl (C=O) groups is 3. The third kappa shape index (κ3) is 4.69. The highest BCUT2D eigenvalue weighted by Gasteiger charge is 2.47. The van der Waals surface area contributed by atoms with Gasteiger partial charge in [0, 0.05) is 37.8 Å². The number of hydrogen-bond donors (Lipinski definition) is 1. The van der Waals surface area contributed by atoms with E-state index in [0.717, 1.165) is 5.69 Å². The molecule has 0 saturated carbocycles. The van der Waals surface area contributed by atoms with Gasteiger partial charge in [-0.15, -0.1) is 0 Å². The Morgan fingerprint density at radius 2 is 1.81 bits per heavy atom. The van der Waals surface area contributed by atoms with Crippen molar-refractivity contribution in [2.45, 2.75) is 64.4 Å². The van der Waals surface area contributed by atoms with Gasteiger partial charge in [0.2, 0.25) is 5.91 Å². The maximum absolute atomic E-state index is 12.8. The molecule has 0 radical (unpaired) electrons. The first kappa shape index (κ1) is 23.5. The summed E-state index contributed by atoms with van der Waals surface area (Å²) in [7, 11) is -0.230. The predicted octanol–water partition coefficient (Wildman–Crippen LogP) is 3.66. The monoisotopic (exact) mass is 445 g/mol. The summed E-state index contributed by atoms with van der Waals surface area (Å²) in [5.41, 5.74) is 1.37. The fourth-order valence-electron chi connectivity index (χ4n) is 3.92. The van der Waals surface area contributed by atoms with E-state index in [-0.39, 0.29) is 47.2 Å². The number of hydrogen-bond acceptors (Lipinski definition) is 4. The number of urea groups is 1. The van der Waals surface area contributed by atoms with Gasteiger partial charge >= 0.3 is 6.03 Å². The van der Waals surface area contributed by atoms with E-state index in [1.54, 1.807) is 29.0 Å². The molecule has 170 valence electrons. The number of Topliss-reactive ketones (excluding diaryl/α,β-unsaturated/α-hetero) is 1. The van der Waals surface area contributed by atoms with E-state index in [1.807, 2.05) is 19.1 Å². The molecule has 0 unspecified atom stereocenters. The minimum atomic E-state index is -2.01. The topological polar surface area (TPSA) is 79.0 Å². The number of carbonyl (C=O) groups excluding carboxylic acids is 3. The van der Waals surface area contributed by atoms with E-state index in [4.69, 9.17) is 4.43 Å². The van der Waals surface area contributed by atoms with Gasteiger partial charge in [0.05, 0.1) is 18.1 Å². The van der Waals surface area contributed by atoms with Crippen molar-refractivity contribution < 1.29 is 18.8 Å². The normalized spacial score (nSPS) is 22.9. The Morgan fingerprint density at radius 1 is 1.19 bits per heavy atom. The van der Waals surface area contributed by atoms with Crippen LogP contribution in [0, 0.1) is 5.92 Å². The summed E-state index contributed by atoms with van der Waals surface area (Å²) in [6.07, 6.45) is 0.0137. The molecule has 3 rings (SSSR count). The summed E-state index contributed by atoms with van der Waals surface area (Å²) < 4.78 is 6.41. The number of likely N-dealkylation sites (N-methyl/N-ethyl adjacent to an activating group) is 1. The Kier molecular flexibility index (Phi) is 6.35. The number of amides is 3. The van der Waals surface area contributed by atoms with Crippen molar-refractivity contribution in [2.24, 2.45) is 5.92 Å². The molecule has 1 N–H and O–H groups in total. The van der Waals surface area contributed by atoms with Crippen molar-refractivity contribution in [3.8, 4) is 0 Å². The number of nitrogens with zero attached hydrogens (tertiary/aromatic N) is 2. The van der Waals surface area contributed by atoms with E-state index in [2.05, 4.69) is 39.2 Å². The second-order valence-electron chi connectivity index (χ2n) is 10.3. The molecule has 1 aromatic rings. The first-order valence-corrected chi connectivity index (χ1v) is 13.9. The highest BCUT2D eigenvalue weighted by Crippen LogP contribution is 2.39. The number of β-lactam (4-membered cyclic amide) rings is 1. The fraction of sp³-hybridized carbons (Fsp3) is 0.609. The van der Waals surface area contributed by atoms with Crippen LogP contribution in [0.2, 0.25) is 18.1 Å². The lowest BCUT2D eigenvalue weighted by Gasteiger charge is -2.45. The molecule has 2 heterocycles. The molecule has 0 aliphatic carbocycles. The molecule has 3 atom stereocenters. The zero-order valence-corrected chi connectivity index (χ0v) is 20.7. The van der Waals surface area contributed by atoms with E-state index in [1.165, 1.54) is 0 Å². The number of nitrogens with one attached hydrogen (secondary N) is 1. The molecule has 8 heteroatoms. The first-order valence-electron chi connectivity index (χ1n) is 11.0. The van der Waals surface area contributed by atoms with Crippen molar-refractivity contribution in [2.75, 3.05) is 25.0 Å². The van der Waals surface area contributed by atoms with Gasteiger partial charge in [0.15, 0.2) is 14.1 Å². The Bertz CT molecular complexity index is 863. The van der Waals surface area contributed by atoms with Gasteiger partial charge in [-0.1, -0.05) is 20.8 Å². The van der Waals surface area contributed by atoms with Crippen LogP contribution in [0.15, 0.2) is 24.3 Å². The standard InChI is InChI=1S/C23H35N3O4Si/c1-15(30-31(6,7)23(2,3)4)20-18(24-21(20)28)14-19(27)16-8-10-17(11-9-16)26-13-12-25(5)22(26)29/h8-11,15,18,20H,12-14H2,1-7H3,(H,24,28)/t15-,18-,20-/m1/s1. The summed E-state index contributed by atoms with van der Waals surface area (Å²) in [6.45, 7) is 14.1.